The predicted octanol–water partition coefficient (Wildman–Crippen LogP) is 8.23. The normalized spacial score (nSPS) is 10.5. The average Bonchev–Trinajstić information content (AvgIpc) is 2.51. The van der Waals surface area contributed by atoms with Crippen molar-refractivity contribution in [3.63, 3.8) is 0 Å². The van der Waals surface area contributed by atoms with E-state index in [0.717, 1.165) is 0 Å². The Labute approximate surface area is 193 Å². The highest BCUT2D eigenvalue weighted by atomic mass is 35.5. The number of hydrogen-bond donors (Lipinski definition) is 3. The zero-order valence-electron chi connectivity index (χ0n) is 14.0. The summed E-state index contributed by atoms with van der Waals surface area (Å²) in [6, 6.07) is 15.4. The molecule has 10 heteroatoms. The molecule has 0 aliphatic heterocycles. The zero-order chi connectivity index (χ0) is 20.3. The first-order valence-corrected chi connectivity index (χ1v) is 10.2. The molecule has 0 spiro atoms. The van der Waals surface area contributed by atoms with Crippen LogP contribution in [-0.4, -0.2) is 7.12 Å². The largest absolute Gasteiger partial charge is 0.496 e. The van der Waals surface area contributed by atoms with Gasteiger partial charge < -0.3 is 15.7 Å². The third-order valence-electron chi connectivity index (χ3n) is 3.52. The summed E-state index contributed by atoms with van der Waals surface area (Å²) in [6.07, 6.45) is 0. The fourth-order valence-corrected chi connectivity index (χ4v) is 4.10. The van der Waals surface area contributed by atoms with E-state index in [-0.39, 0.29) is 0 Å². The van der Waals surface area contributed by atoms with Gasteiger partial charge in [0.05, 0.1) is 0 Å². The van der Waals surface area contributed by atoms with Crippen molar-refractivity contribution in [1.29, 1.82) is 0 Å². The van der Waals surface area contributed by atoms with Crippen LogP contribution in [0.2, 0.25) is 30.1 Å². The quantitative estimate of drug-likeness (QED) is 0.303. The van der Waals surface area contributed by atoms with E-state index in [0.29, 0.717) is 47.2 Å². The zero-order valence-corrected chi connectivity index (χ0v) is 18.6. The molecule has 144 valence electrons. The maximum Gasteiger partial charge on any atom is 0.496 e. The van der Waals surface area contributed by atoms with Crippen molar-refractivity contribution in [2.24, 2.45) is 0 Å². The van der Waals surface area contributed by atoms with Crippen LogP contribution < -0.4 is 15.7 Å². The first kappa shape index (κ1) is 21.6. The van der Waals surface area contributed by atoms with Gasteiger partial charge in [-0.2, -0.15) is 0 Å². The molecule has 3 N–H and O–H groups in total. The molecule has 0 aliphatic carbocycles. The Morgan fingerprint density at radius 3 is 0.821 bits per heavy atom. The maximum absolute atomic E-state index is 6.10. The average molecular weight is 494 g/mol. The molecule has 0 amide bonds. The van der Waals surface area contributed by atoms with Crippen molar-refractivity contribution >= 4 is 93.8 Å². The summed E-state index contributed by atoms with van der Waals surface area (Å²) >= 11 is 36.6. The molecule has 3 nitrogen and oxygen atoms in total. The molecule has 0 atom stereocenters. The van der Waals surface area contributed by atoms with Crippen LogP contribution in [0.25, 0.3) is 0 Å². The number of benzene rings is 3. The lowest BCUT2D eigenvalue weighted by Gasteiger charge is -2.21. The van der Waals surface area contributed by atoms with E-state index in [4.69, 9.17) is 69.6 Å². The topological polar surface area (TPSA) is 36.1 Å². The van der Waals surface area contributed by atoms with Gasteiger partial charge in [-0.15, -0.1) is 0 Å². The molecule has 0 saturated carbocycles. The van der Waals surface area contributed by atoms with Crippen LogP contribution in [0.1, 0.15) is 0 Å². The summed E-state index contributed by atoms with van der Waals surface area (Å²) in [4.78, 5) is 0. The fraction of sp³-hybridized carbons (Fsp3) is 0. The number of halogens is 6. The van der Waals surface area contributed by atoms with Gasteiger partial charge >= 0.3 is 7.12 Å². The molecule has 0 bridgehead atoms. The van der Waals surface area contributed by atoms with Gasteiger partial charge in [0, 0.05) is 47.2 Å². The number of anilines is 3. The molecule has 0 aliphatic rings. The van der Waals surface area contributed by atoms with E-state index in [2.05, 4.69) is 15.7 Å². The van der Waals surface area contributed by atoms with Gasteiger partial charge in [-0.25, -0.2) is 0 Å². The van der Waals surface area contributed by atoms with Gasteiger partial charge in [-0.05, 0) is 54.6 Å². The lowest BCUT2D eigenvalue weighted by molar-refractivity contribution is 1.55. The van der Waals surface area contributed by atoms with Crippen LogP contribution in [0, 0.1) is 0 Å². The molecule has 0 fully saturated rings. The summed E-state index contributed by atoms with van der Waals surface area (Å²) in [5.41, 5.74) is 2.09. The fourth-order valence-electron chi connectivity index (χ4n) is 2.52. The van der Waals surface area contributed by atoms with Crippen molar-refractivity contribution < 1.29 is 0 Å². The van der Waals surface area contributed by atoms with Crippen molar-refractivity contribution in [1.82, 2.24) is 0 Å². The van der Waals surface area contributed by atoms with Crippen LogP contribution in [0.4, 0.5) is 17.1 Å². The van der Waals surface area contributed by atoms with Gasteiger partial charge in [-0.1, -0.05) is 69.6 Å². The standard InChI is InChI=1S/C18H12BCl6N3/c20-10-1-11(21)5-16(4-10)26-19(27-17-6-12(22)2-13(23)7-17)28-18-8-14(24)3-15(25)9-18/h1-9,26-28H. The molecule has 3 aromatic rings. The molecule has 0 saturated heterocycles. The Bertz CT molecular complexity index is 813. The number of nitrogens with one attached hydrogen (secondary N) is 3. The number of rotatable bonds is 6. The van der Waals surface area contributed by atoms with Gasteiger partial charge in [0.1, 0.15) is 0 Å². The maximum atomic E-state index is 6.10. The van der Waals surface area contributed by atoms with Crippen LogP contribution in [0.3, 0.4) is 0 Å². The Kier molecular flexibility index (Phi) is 7.38. The van der Waals surface area contributed by atoms with E-state index in [9.17, 15) is 0 Å². The van der Waals surface area contributed by atoms with Gasteiger partial charge in [0.2, 0.25) is 0 Å². The minimum atomic E-state index is -0.501. The second-order valence-electron chi connectivity index (χ2n) is 5.84. The van der Waals surface area contributed by atoms with E-state index in [1.54, 1.807) is 54.6 Å². The third kappa shape index (κ3) is 6.45. The minimum Gasteiger partial charge on any atom is -0.390 e. The van der Waals surface area contributed by atoms with Crippen molar-refractivity contribution in [2.45, 2.75) is 0 Å². The predicted molar refractivity (Wildman–Crippen MR) is 126 cm³/mol. The van der Waals surface area contributed by atoms with Crippen LogP contribution in [-0.2, 0) is 0 Å². The van der Waals surface area contributed by atoms with Gasteiger partial charge in [0.25, 0.3) is 0 Å². The van der Waals surface area contributed by atoms with Crippen molar-refractivity contribution in [2.75, 3.05) is 15.7 Å². The SMILES string of the molecule is Clc1cc(Cl)cc(NB(Nc2cc(Cl)cc(Cl)c2)Nc2cc(Cl)cc(Cl)c2)c1. The minimum absolute atomic E-state index is 0.501. The third-order valence-corrected chi connectivity index (χ3v) is 4.83. The highest BCUT2D eigenvalue weighted by Gasteiger charge is 2.19. The lowest BCUT2D eigenvalue weighted by atomic mass is 9.91. The Balaban J connectivity index is 1.89. The second-order valence-corrected chi connectivity index (χ2v) is 8.46. The number of hydrogen-bond acceptors (Lipinski definition) is 3. The van der Waals surface area contributed by atoms with Crippen LogP contribution in [0.15, 0.2) is 54.6 Å². The molecule has 28 heavy (non-hydrogen) atoms. The summed E-state index contributed by atoms with van der Waals surface area (Å²) < 4.78 is 0. The van der Waals surface area contributed by atoms with E-state index < -0.39 is 7.12 Å². The molecule has 3 aromatic carbocycles. The molecule has 3 rings (SSSR count). The molecular formula is C18H12BCl6N3. The van der Waals surface area contributed by atoms with Gasteiger partial charge in [0.15, 0.2) is 0 Å². The monoisotopic (exact) mass is 491 g/mol. The molecular weight excluding hydrogens is 482 g/mol. The molecule has 0 heterocycles. The first-order chi connectivity index (χ1) is 13.3. The van der Waals surface area contributed by atoms with Crippen molar-refractivity contribution in [3.8, 4) is 0 Å². The molecule has 0 aromatic heterocycles. The lowest BCUT2D eigenvalue weighted by Crippen LogP contribution is -2.42. The van der Waals surface area contributed by atoms with Crippen molar-refractivity contribution in [3.05, 3.63) is 84.7 Å². The Morgan fingerprint density at radius 1 is 0.393 bits per heavy atom. The Hall–Kier alpha value is -1.14. The summed E-state index contributed by atoms with van der Waals surface area (Å²) in [7, 11) is -0.501. The van der Waals surface area contributed by atoms with Crippen LogP contribution in [0.5, 0.6) is 0 Å². The first-order valence-electron chi connectivity index (χ1n) is 7.95. The summed E-state index contributed by atoms with van der Waals surface area (Å²) in [6.45, 7) is 0. The highest BCUT2D eigenvalue weighted by molar-refractivity contribution is 6.69. The van der Waals surface area contributed by atoms with Crippen LogP contribution >= 0.6 is 69.6 Å². The Morgan fingerprint density at radius 2 is 0.607 bits per heavy atom. The van der Waals surface area contributed by atoms with E-state index in [1.165, 1.54) is 0 Å². The summed E-state index contributed by atoms with van der Waals surface area (Å²) in [5, 5.41) is 12.8. The molecule has 0 unspecified atom stereocenters. The summed E-state index contributed by atoms with van der Waals surface area (Å²) in [5.74, 6) is 0. The molecule has 0 radical (unpaired) electrons. The van der Waals surface area contributed by atoms with Gasteiger partial charge in [-0.3, -0.25) is 0 Å². The smallest absolute Gasteiger partial charge is 0.390 e. The van der Waals surface area contributed by atoms with E-state index >= 15 is 0 Å². The second kappa shape index (κ2) is 9.58. The highest BCUT2D eigenvalue weighted by Crippen LogP contribution is 2.27. The van der Waals surface area contributed by atoms with E-state index in [1.807, 2.05) is 0 Å².